The van der Waals surface area contributed by atoms with Crippen LogP contribution in [0.5, 0.6) is 0 Å². The average Bonchev–Trinajstić information content (AvgIpc) is 3.38. The second-order valence-electron chi connectivity index (χ2n) is 7.06. The minimum absolute atomic E-state index is 0.450. The van der Waals surface area contributed by atoms with E-state index in [1.54, 1.807) is 7.05 Å². The summed E-state index contributed by atoms with van der Waals surface area (Å²) in [6, 6.07) is 6.62. The molecule has 0 amide bonds. The van der Waals surface area contributed by atoms with Crippen LogP contribution in [0.2, 0.25) is 0 Å². The van der Waals surface area contributed by atoms with E-state index in [4.69, 9.17) is 4.52 Å². The molecule has 2 heterocycles. The number of hydrogen-bond acceptors (Lipinski definition) is 8. The Morgan fingerprint density at radius 3 is 2.53 bits per heavy atom. The van der Waals surface area contributed by atoms with Gasteiger partial charge in [0.15, 0.2) is 11.0 Å². The van der Waals surface area contributed by atoms with Gasteiger partial charge in [-0.2, -0.15) is 13.2 Å². The van der Waals surface area contributed by atoms with E-state index in [2.05, 4.69) is 32.2 Å². The van der Waals surface area contributed by atoms with Crippen LogP contribution < -0.4 is 5.32 Å². The van der Waals surface area contributed by atoms with Gasteiger partial charge in [0.05, 0.1) is 10.5 Å². The number of rotatable bonds is 8. The largest absolute Gasteiger partial charge is 0.416 e. The highest BCUT2D eigenvalue weighted by Crippen LogP contribution is 2.32. The van der Waals surface area contributed by atoms with Crippen LogP contribution in [0.3, 0.4) is 0 Å². The van der Waals surface area contributed by atoms with Gasteiger partial charge in [-0.25, -0.2) is 0 Å². The Hall–Kier alpha value is -2.99. The fraction of sp³-hybridized carbons (Fsp3) is 0.273. The topological polar surface area (TPSA) is 81.1 Å². The lowest BCUT2D eigenvalue weighted by molar-refractivity contribution is -0.137. The molecule has 0 fully saturated rings. The fourth-order valence-electron chi connectivity index (χ4n) is 2.81. The van der Waals surface area contributed by atoms with Gasteiger partial charge in [-0.05, 0) is 38.1 Å². The quantitative estimate of drug-likeness (QED) is 0.226. The van der Waals surface area contributed by atoms with Crippen molar-refractivity contribution in [1.82, 2.24) is 19.9 Å². The van der Waals surface area contributed by atoms with E-state index in [1.165, 1.54) is 35.7 Å². The smallest absolute Gasteiger partial charge is 0.361 e. The SMILES string of the molecule is C=C(CSc1nnc(/C(=C\C)S/C(=N\C)c2cc(C)on2)n1C)Nc1ccc(C(F)(F)F)cc1. The van der Waals surface area contributed by atoms with Crippen LogP contribution in [0.4, 0.5) is 18.9 Å². The third-order valence-electron chi connectivity index (χ3n) is 4.48. The molecule has 0 unspecified atom stereocenters. The van der Waals surface area contributed by atoms with Crippen LogP contribution in [0.15, 0.2) is 63.4 Å². The van der Waals surface area contributed by atoms with E-state index >= 15 is 0 Å². The lowest BCUT2D eigenvalue weighted by Gasteiger charge is -2.11. The first-order chi connectivity index (χ1) is 16.1. The van der Waals surface area contributed by atoms with Crippen molar-refractivity contribution in [3.8, 4) is 0 Å². The summed E-state index contributed by atoms with van der Waals surface area (Å²) >= 11 is 2.82. The number of anilines is 1. The number of nitrogens with zero attached hydrogens (tertiary/aromatic N) is 5. The monoisotopic (exact) mass is 508 g/mol. The molecule has 0 saturated heterocycles. The highest BCUT2D eigenvalue weighted by molar-refractivity contribution is 8.22. The molecule has 0 aliphatic rings. The molecule has 3 rings (SSSR count). The molecule has 7 nitrogen and oxygen atoms in total. The first kappa shape index (κ1) is 25.6. The molecule has 1 aromatic carbocycles. The number of aromatic nitrogens is 4. The van der Waals surface area contributed by atoms with Gasteiger partial charge in [0.1, 0.15) is 16.5 Å². The van der Waals surface area contributed by atoms with E-state index < -0.39 is 11.7 Å². The number of benzene rings is 1. The molecule has 3 aromatic rings. The van der Waals surface area contributed by atoms with Crippen molar-refractivity contribution in [2.75, 3.05) is 18.1 Å². The standard InChI is InChI=1S/C22H23F3N6OS2/c1-6-18(34-20(26-4)17-11-14(3)32-30-17)19-28-29-21(31(19)5)33-12-13(2)27-16-9-7-15(8-10-16)22(23,24)25/h6-11,27H,2,12H2,1,3-5H3/b18-6+,26-20-. The number of aliphatic imine (C=N–C) groups is 1. The summed E-state index contributed by atoms with van der Waals surface area (Å²) in [4.78, 5) is 5.16. The predicted molar refractivity (Wildman–Crippen MR) is 131 cm³/mol. The first-order valence-electron chi connectivity index (χ1n) is 10.0. The second-order valence-corrected chi connectivity index (χ2v) is 9.04. The molecule has 34 heavy (non-hydrogen) atoms. The van der Waals surface area contributed by atoms with Gasteiger partial charge in [-0.1, -0.05) is 41.3 Å². The van der Waals surface area contributed by atoms with Crippen LogP contribution in [-0.2, 0) is 13.2 Å². The molecule has 1 N–H and O–H groups in total. The molecule has 0 saturated carbocycles. The van der Waals surface area contributed by atoms with Crippen LogP contribution in [0.1, 0.15) is 29.8 Å². The van der Waals surface area contributed by atoms with Gasteiger partial charge < -0.3 is 14.4 Å². The number of hydrogen-bond donors (Lipinski definition) is 1. The average molecular weight is 509 g/mol. The fourth-order valence-corrected chi connectivity index (χ4v) is 4.45. The summed E-state index contributed by atoms with van der Waals surface area (Å²) < 4.78 is 45.2. The van der Waals surface area contributed by atoms with Gasteiger partial charge in [-0.15, -0.1) is 10.2 Å². The van der Waals surface area contributed by atoms with Gasteiger partial charge in [0.2, 0.25) is 0 Å². The zero-order valence-electron chi connectivity index (χ0n) is 19.0. The van der Waals surface area contributed by atoms with Crippen molar-refractivity contribution >= 4 is 39.2 Å². The Balaban J connectivity index is 1.62. The van der Waals surface area contributed by atoms with E-state index in [0.717, 1.165) is 17.0 Å². The molecule has 180 valence electrons. The number of aryl methyl sites for hydroxylation is 1. The molecule has 12 heteroatoms. The third-order valence-corrected chi connectivity index (χ3v) is 6.81. The highest BCUT2D eigenvalue weighted by Gasteiger charge is 2.30. The minimum atomic E-state index is -4.36. The Labute approximate surface area is 203 Å². The molecule has 0 atom stereocenters. The summed E-state index contributed by atoms with van der Waals surface area (Å²) in [5, 5.41) is 17.0. The first-order valence-corrected chi connectivity index (χ1v) is 11.8. The molecule has 0 spiro atoms. The number of thioether (sulfide) groups is 2. The lowest BCUT2D eigenvalue weighted by atomic mass is 10.2. The van der Waals surface area contributed by atoms with Gasteiger partial charge >= 0.3 is 6.18 Å². The van der Waals surface area contributed by atoms with Crippen LogP contribution in [0.25, 0.3) is 4.91 Å². The van der Waals surface area contributed by atoms with Gasteiger partial charge in [-0.3, -0.25) is 4.99 Å². The molecule has 0 aliphatic carbocycles. The van der Waals surface area contributed by atoms with Crippen molar-refractivity contribution in [3.05, 3.63) is 71.5 Å². The van der Waals surface area contributed by atoms with Gasteiger partial charge in [0, 0.05) is 37.3 Å². The maximum Gasteiger partial charge on any atom is 0.416 e. The van der Waals surface area contributed by atoms with Crippen molar-refractivity contribution < 1.29 is 17.7 Å². The molecular formula is C22H23F3N6OS2. The normalized spacial score (nSPS) is 12.8. The van der Waals surface area contributed by atoms with E-state index in [0.29, 0.717) is 44.6 Å². The zero-order valence-corrected chi connectivity index (χ0v) is 20.6. The van der Waals surface area contributed by atoms with Crippen molar-refractivity contribution in [3.63, 3.8) is 0 Å². The third kappa shape index (κ3) is 6.32. The van der Waals surface area contributed by atoms with Crippen LogP contribution >= 0.6 is 23.5 Å². The maximum atomic E-state index is 12.7. The summed E-state index contributed by atoms with van der Waals surface area (Å²) in [7, 11) is 3.55. The summed E-state index contributed by atoms with van der Waals surface area (Å²) in [5.41, 5.74) is 1.10. The van der Waals surface area contributed by atoms with E-state index in [-0.39, 0.29) is 0 Å². The van der Waals surface area contributed by atoms with Crippen LogP contribution in [-0.4, -0.2) is 37.8 Å². The van der Waals surface area contributed by atoms with Crippen LogP contribution in [0, 0.1) is 6.92 Å². The number of alkyl halides is 3. The molecule has 0 radical (unpaired) electrons. The molecule has 2 aromatic heterocycles. The maximum absolute atomic E-state index is 12.7. The van der Waals surface area contributed by atoms with Gasteiger partial charge in [0.25, 0.3) is 0 Å². The highest BCUT2D eigenvalue weighted by atomic mass is 32.2. The summed E-state index contributed by atoms with van der Waals surface area (Å²) in [6.07, 6.45) is -2.44. The number of allylic oxidation sites excluding steroid dienone is 1. The Morgan fingerprint density at radius 2 is 1.97 bits per heavy atom. The minimum Gasteiger partial charge on any atom is -0.361 e. The van der Waals surface area contributed by atoms with Crippen molar-refractivity contribution in [1.29, 1.82) is 0 Å². The van der Waals surface area contributed by atoms with Crippen molar-refractivity contribution in [2.45, 2.75) is 25.2 Å². The molecule has 0 aliphatic heterocycles. The van der Waals surface area contributed by atoms with E-state index in [1.807, 2.05) is 37.6 Å². The Bertz CT molecular complexity index is 1210. The predicted octanol–water partition coefficient (Wildman–Crippen LogP) is 6.02. The van der Waals surface area contributed by atoms with E-state index in [9.17, 15) is 13.2 Å². The summed E-state index contributed by atoms with van der Waals surface area (Å²) in [5.74, 6) is 1.81. The number of nitrogens with one attached hydrogen (secondary N) is 1. The Kier molecular flexibility index (Phi) is 8.26. The van der Waals surface area contributed by atoms with Crippen molar-refractivity contribution in [2.24, 2.45) is 12.0 Å². The summed E-state index contributed by atoms with van der Waals surface area (Å²) in [6.45, 7) is 7.67. The number of halogens is 3. The second kappa shape index (κ2) is 11.0. The molecule has 0 bridgehead atoms. The zero-order chi connectivity index (χ0) is 24.9. The molecular weight excluding hydrogens is 485 g/mol. The lowest BCUT2D eigenvalue weighted by Crippen LogP contribution is -2.06. The Morgan fingerprint density at radius 1 is 1.26 bits per heavy atom.